The molecule has 0 heterocycles. The first-order valence-corrected chi connectivity index (χ1v) is 6.59. The van der Waals surface area contributed by atoms with E-state index in [-0.39, 0.29) is 5.78 Å². The van der Waals surface area contributed by atoms with E-state index in [2.05, 4.69) is 0 Å². The maximum atomic E-state index is 12.3. The first-order chi connectivity index (χ1) is 8.64. The monoisotopic (exact) mass is 247 g/mol. The number of hydrogen-bond acceptors (Lipinski definition) is 3. The zero-order valence-electron chi connectivity index (χ0n) is 10.9. The Bertz CT molecular complexity index is 422. The summed E-state index contributed by atoms with van der Waals surface area (Å²) in [5.74, 6) is 0.950. The van der Waals surface area contributed by atoms with E-state index in [9.17, 15) is 4.79 Å². The Morgan fingerprint density at radius 3 is 2.72 bits per heavy atom. The Morgan fingerprint density at radius 1 is 1.33 bits per heavy atom. The minimum atomic E-state index is -0.596. The second-order valence-electron chi connectivity index (χ2n) is 5.17. The highest BCUT2D eigenvalue weighted by Gasteiger charge is 2.34. The van der Waals surface area contributed by atoms with Gasteiger partial charge in [-0.05, 0) is 30.5 Å². The van der Waals surface area contributed by atoms with Crippen LogP contribution in [0.15, 0.2) is 24.3 Å². The molecule has 3 heteroatoms. The molecule has 0 unspecified atom stereocenters. The molecule has 2 N–H and O–H groups in total. The first-order valence-electron chi connectivity index (χ1n) is 6.59. The summed E-state index contributed by atoms with van der Waals surface area (Å²) >= 11 is 0. The average Bonchev–Trinajstić information content (AvgIpc) is 2.40. The molecule has 0 aliphatic heterocycles. The summed E-state index contributed by atoms with van der Waals surface area (Å²) in [6, 6.07) is 7.65. The van der Waals surface area contributed by atoms with E-state index in [0.29, 0.717) is 6.42 Å². The fourth-order valence-electron chi connectivity index (χ4n) is 2.61. The standard InChI is InChI=1S/C15H21NO2/c1-18-13-7-5-6-12(10-13)11-14(17)15(16)8-3-2-4-9-15/h5-7,10H,2-4,8-9,11,16H2,1H3. The highest BCUT2D eigenvalue weighted by Crippen LogP contribution is 2.28. The molecule has 1 aromatic rings. The molecule has 0 amide bonds. The third kappa shape index (κ3) is 2.91. The van der Waals surface area contributed by atoms with Crippen molar-refractivity contribution in [2.45, 2.75) is 44.1 Å². The van der Waals surface area contributed by atoms with Crippen LogP contribution in [0.2, 0.25) is 0 Å². The predicted molar refractivity (Wildman–Crippen MR) is 71.7 cm³/mol. The molecule has 1 aliphatic carbocycles. The molecule has 18 heavy (non-hydrogen) atoms. The van der Waals surface area contributed by atoms with Gasteiger partial charge in [0.25, 0.3) is 0 Å². The van der Waals surface area contributed by atoms with Gasteiger partial charge in [0.1, 0.15) is 5.75 Å². The van der Waals surface area contributed by atoms with Gasteiger partial charge in [0, 0.05) is 6.42 Å². The minimum absolute atomic E-state index is 0.162. The lowest BCUT2D eigenvalue weighted by Gasteiger charge is -2.31. The van der Waals surface area contributed by atoms with Gasteiger partial charge in [-0.1, -0.05) is 31.4 Å². The number of Topliss-reactive ketones (excluding diaryl/α,β-unsaturated/α-hetero) is 1. The molecule has 1 aliphatic rings. The average molecular weight is 247 g/mol. The Labute approximate surface area is 108 Å². The van der Waals surface area contributed by atoms with Crippen LogP contribution in [-0.4, -0.2) is 18.4 Å². The lowest BCUT2D eigenvalue weighted by molar-refractivity contribution is -0.124. The van der Waals surface area contributed by atoms with Crippen molar-refractivity contribution in [1.82, 2.24) is 0 Å². The van der Waals surface area contributed by atoms with Gasteiger partial charge in [-0.3, -0.25) is 4.79 Å². The van der Waals surface area contributed by atoms with Crippen molar-refractivity contribution in [3.05, 3.63) is 29.8 Å². The van der Waals surface area contributed by atoms with E-state index in [0.717, 1.165) is 37.0 Å². The quantitative estimate of drug-likeness (QED) is 0.889. The SMILES string of the molecule is COc1cccc(CC(=O)C2(N)CCCCC2)c1. The molecule has 98 valence electrons. The highest BCUT2D eigenvalue weighted by atomic mass is 16.5. The second-order valence-corrected chi connectivity index (χ2v) is 5.17. The number of hydrogen-bond donors (Lipinski definition) is 1. The zero-order valence-corrected chi connectivity index (χ0v) is 10.9. The molecular weight excluding hydrogens is 226 g/mol. The third-order valence-corrected chi connectivity index (χ3v) is 3.80. The van der Waals surface area contributed by atoms with Crippen LogP contribution in [0.25, 0.3) is 0 Å². The van der Waals surface area contributed by atoms with E-state index < -0.39 is 5.54 Å². The minimum Gasteiger partial charge on any atom is -0.497 e. The zero-order chi connectivity index (χ0) is 13.0. The molecule has 0 spiro atoms. The number of rotatable bonds is 4. The van der Waals surface area contributed by atoms with Crippen molar-refractivity contribution in [2.24, 2.45) is 5.73 Å². The van der Waals surface area contributed by atoms with Crippen molar-refractivity contribution in [1.29, 1.82) is 0 Å². The molecule has 3 nitrogen and oxygen atoms in total. The molecule has 0 bridgehead atoms. The molecule has 1 saturated carbocycles. The topological polar surface area (TPSA) is 52.3 Å². The van der Waals surface area contributed by atoms with Crippen LogP contribution in [0.3, 0.4) is 0 Å². The van der Waals surface area contributed by atoms with Crippen molar-refractivity contribution in [2.75, 3.05) is 7.11 Å². The summed E-state index contributed by atoms with van der Waals surface area (Å²) < 4.78 is 5.16. The highest BCUT2D eigenvalue weighted by molar-refractivity contribution is 5.90. The Hall–Kier alpha value is -1.35. The fraction of sp³-hybridized carbons (Fsp3) is 0.533. The van der Waals surface area contributed by atoms with Gasteiger partial charge >= 0.3 is 0 Å². The lowest BCUT2D eigenvalue weighted by atomic mass is 9.78. The van der Waals surface area contributed by atoms with Gasteiger partial charge in [0.2, 0.25) is 0 Å². The van der Waals surface area contributed by atoms with Gasteiger partial charge in [0.15, 0.2) is 5.78 Å². The number of methoxy groups -OCH3 is 1. The van der Waals surface area contributed by atoms with E-state index in [1.54, 1.807) is 7.11 Å². The van der Waals surface area contributed by atoms with Crippen LogP contribution in [-0.2, 0) is 11.2 Å². The lowest BCUT2D eigenvalue weighted by Crippen LogP contribution is -2.50. The van der Waals surface area contributed by atoms with Crippen LogP contribution in [0.1, 0.15) is 37.7 Å². The number of nitrogens with two attached hydrogens (primary N) is 1. The van der Waals surface area contributed by atoms with E-state index in [1.807, 2.05) is 24.3 Å². The van der Waals surface area contributed by atoms with Crippen molar-refractivity contribution < 1.29 is 9.53 Å². The molecule has 0 saturated heterocycles. The smallest absolute Gasteiger partial charge is 0.156 e. The summed E-state index contributed by atoms with van der Waals surface area (Å²) in [6.07, 6.45) is 5.41. The van der Waals surface area contributed by atoms with Crippen molar-refractivity contribution in [3.8, 4) is 5.75 Å². The number of ketones is 1. The van der Waals surface area contributed by atoms with Gasteiger partial charge < -0.3 is 10.5 Å². The summed E-state index contributed by atoms with van der Waals surface area (Å²) in [4.78, 5) is 12.3. The van der Waals surface area contributed by atoms with Crippen LogP contribution in [0, 0.1) is 0 Å². The maximum absolute atomic E-state index is 12.3. The summed E-state index contributed by atoms with van der Waals surface area (Å²) in [5, 5.41) is 0. The normalized spacial score (nSPS) is 18.3. The Kier molecular flexibility index (Phi) is 4.02. The van der Waals surface area contributed by atoms with Gasteiger partial charge in [0.05, 0.1) is 12.6 Å². The Balaban J connectivity index is 2.05. The largest absolute Gasteiger partial charge is 0.497 e. The molecule has 0 aromatic heterocycles. The number of ether oxygens (including phenoxy) is 1. The van der Waals surface area contributed by atoms with Crippen LogP contribution in [0.4, 0.5) is 0 Å². The van der Waals surface area contributed by atoms with Gasteiger partial charge in [-0.25, -0.2) is 0 Å². The maximum Gasteiger partial charge on any atom is 0.156 e. The molecule has 1 fully saturated rings. The summed E-state index contributed by atoms with van der Waals surface area (Å²) in [7, 11) is 1.63. The first kappa shape index (κ1) is 13.1. The van der Waals surface area contributed by atoms with Crippen LogP contribution in [0.5, 0.6) is 5.75 Å². The molecular formula is C15H21NO2. The van der Waals surface area contributed by atoms with Crippen LogP contribution >= 0.6 is 0 Å². The summed E-state index contributed by atoms with van der Waals surface area (Å²) in [6.45, 7) is 0. The molecule has 0 radical (unpaired) electrons. The number of carbonyl (C=O) groups is 1. The molecule has 1 aromatic carbocycles. The van der Waals surface area contributed by atoms with Gasteiger partial charge in [-0.15, -0.1) is 0 Å². The van der Waals surface area contributed by atoms with Crippen LogP contribution < -0.4 is 10.5 Å². The van der Waals surface area contributed by atoms with Crippen molar-refractivity contribution in [3.63, 3.8) is 0 Å². The molecule has 2 rings (SSSR count). The van der Waals surface area contributed by atoms with Crippen molar-refractivity contribution >= 4 is 5.78 Å². The number of carbonyl (C=O) groups excluding carboxylic acids is 1. The second kappa shape index (κ2) is 5.53. The fourth-order valence-corrected chi connectivity index (χ4v) is 2.61. The van der Waals surface area contributed by atoms with E-state index in [1.165, 1.54) is 6.42 Å². The summed E-state index contributed by atoms with van der Waals surface area (Å²) in [5.41, 5.74) is 6.63. The molecule has 0 atom stereocenters. The van der Waals surface area contributed by atoms with Gasteiger partial charge in [-0.2, -0.15) is 0 Å². The third-order valence-electron chi connectivity index (χ3n) is 3.80. The number of benzene rings is 1. The Morgan fingerprint density at radius 2 is 2.06 bits per heavy atom. The van der Waals surface area contributed by atoms with E-state index >= 15 is 0 Å². The van der Waals surface area contributed by atoms with E-state index in [4.69, 9.17) is 10.5 Å². The predicted octanol–water partition coefficient (Wildman–Crippen LogP) is 2.47.